The van der Waals surface area contributed by atoms with Gasteiger partial charge in [-0.3, -0.25) is 0 Å². The molecule has 0 radical (unpaired) electrons. The molecule has 0 aliphatic carbocycles. The van der Waals surface area contributed by atoms with Crippen LogP contribution in [0.5, 0.6) is 0 Å². The summed E-state index contributed by atoms with van der Waals surface area (Å²) in [6, 6.07) is 3.59. The second-order valence-corrected chi connectivity index (χ2v) is 3.29. The molecular weight excluding hydrogens is 237 g/mol. The summed E-state index contributed by atoms with van der Waals surface area (Å²) >= 11 is 8.90. The van der Waals surface area contributed by atoms with Crippen molar-refractivity contribution in [1.29, 1.82) is 0 Å². The summed E-state index contributed by atoms with van der Waals surface area (Å²) in [5, 5.41) is 1.40. The van der Waals surface area contributed by atoms with E-state index in [1.807, 2.05) is 6.07 Å². The molecule has 0 saturated heterocycles. The van der Waals surface area contributed by atoms with Crippen molar-refractivity contribution >= 4 is 27.5 Å². The number of hydrogen-bond acceptors (Lipinski definition) is 1. The molecule has 0 amide bonds. The van der Waals surface area contributed by atoms with Gasteiger partial charge in [0.25, 0.3) is 0 Å². The van der Waals surface area contributed by atoms with Crippen LogP contribution in [0.15, 0.2) is 18.3 Å². The molecule has 1 rings (SSSR count). The van der Waals surface area contributed by atoms with Crippen LogP contribution in [0.4, 0.5) is 0 Å². The second-order valence-electron chi connectivity index (χ2n) is 2.11. The minimum atomic E-state index is 0.501. The molecule has 0 spiro atoms. The largest absolute Gasteiger partial charge is 0.243 e. The van der Waals surface area contributed by atoms with E-state index in [0.717, 1.165) is 17.3 Å². The van der Waals surface area contributed by atoms with Gasteiger partial charge in [-0.1, -0.05) is 39.4 Å². The lowest BCUT2D eigenvalue weighted by atomic mass is 10.3. The summed E-state index contributed by atoms with van der Waals surface area (Å²) in [6.07, 6.45) is 2.52. The number of halogens is 2. The molecule has 1 heterocycles. The monoisotopic (exact) mass is 243 g/mol. The van der Waals surface area contributed by atoms with Crippen LogP contribution in [0.25, 0.3) is 0 Å². The highest BCUT2D eigenvalue weighted by molar-refractivity contribution is 9.09. The topological polar surface area (TPSA) is 12.9 Å². The Balaban J connectivity index is 2.66. The smallest absolute Gasteiger partial charge is 0.129 e. The summed E-state index contributed by atoms with van der Waals surface area (Å²) in [4.78, 5) is 3.91. The van der Waals surface area contributed by atoms with Crippen LogP contribution in [0.1, 0.15) is 12.0 Å². The first-order valence-corrected chi connectivity index (χ1v) is 4.99. The fourth-order valence-electron chi connectivity index (χ4n) is 0.662. The van der Waals surface area contributed by atoms with E-state index < -0.39 is 0 Å². The molecule has 12 heavy (non-hydrogen) atoms. The van der Waals surface area contributed by atoms with Gasteiger partial charge in [0, 0.05) is 23.5 Å². The van der Waals surface area contributed by atoms with Gasteiger partial charge in [0.1, 0.15) is 5.15 Å². The molecule has 1 aromatic rings. The normalized spacial score (nSPS) is 8.83. The zero-order valence-electron chi connectivity index (χ0n) is 6.35. The lowest BCUT2D eigenvalue weighted by Crippen LogP contribution is -1.77. The third-order valence-electron chi connectivity index (χ3n) is 1.18. The molecule has 3 heteroatoms. The van der Waals surface area contributed by atoms with E-state index in [1.165, 1.54) is 0 Å². The molecule has 0 unspecified atom stereocenters. The summed E-state index contributed by atoms with van der Waals surface area (Å²) in [6.45, 7) is 0. The van der Waals surface area contributed by atoms with Gasteiger partial charge in [0.2, 0.25) is 0 Å². The Kier molecular flexibility index (Phi) is 4.13. The third-order valence-corrected chi connectivity index (χ3v) is 1.80. The summed E-state index contributed by atoms with van der Waals surface area (Å²) in [5.74, 6) is 5.96. The number of rotatable bonds is 1. The first kappa shape index (κ1) is 9.57. The van der Waals surface area contributed by atoms with Crippen LogP contribution in [0.2, 0.25) is 5.15 Å². The number of alkyl halides is 1. The fourth-order valence-corrected chi connectivity index (χ4v) is 0.972. The standard InChI is InChI=1S/C9H7BrClN/c10-6-2-1-3-8-4-5-9(11)12-7-8/h4-5,7H,2,6H2. The first-order chi connectivity index (χ1) is 5.83. The molecule has 62 valence electrons. The van der Waals surface area contributed by atoms with Gasteiger partial charge < -0.3 is 0 Å². The minimum Gasteiger partial charge on any atom is -0.243 e. The van der Waals surface area contributed by atoms with Gasteiger partial charge >= 0.3 is 0 Å². The first-order valence-electron chi connectivity index (χ1n) is 3.49. The van der Waals surface area contributed by atoms with E-state index >= 15 is 0 Å². The number of nitrogens with zero attached hydrogens (tertiary/aromatic N) is 1. The molecule has 0 atom stereocenters. The maximum Gasteiger partial charge on any atom is 0.129 e. The third kappa shape index (κ3) is 3.25. The minimum absolute atomic E-state index is 0.501. The van der Waals surface area contributed by atoms with Crippen LogP contribution in [-0.2, 0) is 0 Å². The van der Waals surface area contributed by atoms with Crippen molar-refractivity contribution in [3.63, 3.8) is 0 Å². The van der Waals surface area contributed by atoms with E-state index in [4.69, 9.17) is 11.6 Å². The van der Waals surface area contributed by atoms with Gasteiger partial charge in [-0.25, -0.2) is 4.98 Å². The zero-order valence-corrected chi connectivity index (χ0v) is 8.69. The fraction of sp³-hybridized carbons (Fsp3) is 0.222. The Morgan fingerprint density at radius 2 is 2.33 bits per heavy atom. The predicted molar refractivity (Wildman–Crippen MR) is 54.5 cm³/mol. The lowest BCUT2D eigenvalue weighted by Gasteiger charge is -1.88. The van der Waals surface area contributed by atoms with Crippen molar-refractivity contribution in [2.75, 3.05) is 5.33 Å². The van der Waals surface area contributed by atoms with Crippen molar-refractivity contribution in [3.05, 3.63) is 29.0 Å². The van der Waals surface area contributed by atoms with Gasteiger partial charge in [-0.2, -0.15) is 0 Å². The molecule has 0 saturated carbocycles. The Hall–Kier alpha value is -0.520. The van der Waals surface area contributed by atoms with Gasteiger partial charge in [0.15, 0.2) is 0 Å². The van der Waals surface area contributed by atoms with Crippen LogP contribution in [0.3, 0.4) is 0 Å². The molecule has 0 aliphatic rings. The molecule has 0 bridgehead atoms. The highest BCUT2D eigenvalue weighted by Crippen LogP contribution is 2.03. The van der Waals surface area contributed by atoms with E-state index in [2.05, 4.69) is 32.8 Å². The van der Waals surface area contributed by atoms with E-state index in [1.54, 1.807) is 12.3 Å². The molecule has 1 nitrogen and oxygen atoms in total. The van der Waals surface area contributed by atoms with Crippen molar-refractivity contribution in [3.8, 4) is 11.8 Å². The SMILES string of the molecule is Clc1ccc(C#CCCBr)cn1. The van der Waals surface area contributed by atoms with Crippen LogP contribution in [-0.4, -0.2) is 10.3 Å². The van der Waals surface area contributed by atoms with E-state index in [9.17, 15) is 0 Å². The highest BCUT2D eigenvalue weighted by atomic mass is 79.9. The number of pyridine rings is 1. The summed E-state index contributed by atoms with van der Waals surface area (Å²) in [7, 11) is 0. The molecule has 0 fully saturated rings. The zero-order chi connectivity index (χ0) is 8.81. The van der Waals surface area contributed by atoms with Crippen molar-refractivity contribution in [1.82, 2.24) is 4.98 Å². The summed E-state index contributed by atoms with van der Waals surface area (Å²) < 4.78 is 0. The van der Waals surface area contributed by atoms with Crippen LogP contribution >= 0.6 is 27.5 Å². The molecule has 1 aromatic heterocycles. The average Bonchev–Trinajstić information content (AvgIpc) is 2.09. The highest BCUT2D eigenvalue weighted by Gasteiger charge is 1.87. The maximum absolute atomic E-state index is 5.61. The van der Waals surface area contributed by atoms with Gasteiger partial charge in [0.05, 0.1) is 0 Å². The molecule has 0 aliphatic heterocycles. The predicted octanol–water partition coefficient (Wildman–Crippen LogP) is 2.87. The van der Waals surface area contributed by atoms with E-state index in [0.29, 0.717) is 5.15 Å². The van der Waals surface area contributed by atoms with Crippen LogP contribution < -0.4 is 0 Å². The maximum atomic E-state index is 5.61. The Morgan fingerprint density at radius 3 is 2.92 bits per heavy atom. The molecule has 0 N–H and O–H groups in total. The van der Waals surface area contributed by atoms with Crippen molar-refractivity contribution in [2.24, 2.45) is 0 Å². The Bertz CT molecular complexity index is 297. The second kappa shape index (κ2) is 5.18. The van der Waals surface area contributed by atoms with Crippen molar-refractivity contribution < 1.29 is 0 Å². The van der Waals surface area contributed by atoms with Gasteiger partial charge in [-0.05, 0) is 12.1 Å². The van der Waals surface area contributed by atoms with Crippen molar-refractivity contribution in [2.45, 2.75) is 6.42 Å². The Labute approximate surface area is 85.3 Å². The molecule has 0 aromatic carbocycles. The lowest BCUT2D eigenvalue weighted by molar-refractivity contribution is 1.30. The van der Waals surface area contributed by atoms with E-state index in [-0.39, 0.29) is 0 Å². The number of hydrogen-bond donors (Lipinski definition) is 0. The average molecular weight is 245 g/mol. The number of aromatic nitrogens is 1. The van der Waals surface area contributed by atoms with Crippen LogP contribution in [0, 0.1) is 11.8 Å². The van der Waals surface area contributed by atoms with Gasteiger partial charge in [-0.15, -0.1) is 0 Å². The Morgan fingerprint density at radius 1 is 1.50 bits per heavy atom. The molecular formula is C9H7BrClN. The quantitative estimate of drug-likeness (QED) is 0.420. The summed E-state index contributed by atoms with van der Waals surface area (Å²) in [5.41, 5.74) is 0.903.